The number of fused-ring (bicyclic) bond motifs is 1. The van der Waals surface area contributed by atoms with Crippen LogP contribution in [-0.4, -0.2) is 51.7 Å². The van der Waals surface area contributed by atoms with Gasteiger partial charge in [-0.2, -0.15) is 0 Å². The lowest BCUT2D eigenvalue weighted by molar-refractivity contribution is -0.212. The number of hydrogen-bond donors (Lipinski definition) is 0. The van der Waals surface area contributed by atoms with Crippen LogP contribution in [0.25, 0.3) is 0 Å². The molecule has 2 aliphatic carbocycles. The number of rotatable bonds is 10. The van der Waals surface area contributed by atoms with Crippen LogP contribution in [-0.2, 0) is 30.3 Å². The van der Waals surface area contributed by atoms with Gasteiger partial charge in [-0.05, 0) is 86.5 Å². The molecule has 2 heterocycles. The summed E-state index contributed by atoms with van der Waals surface area (Å²) in [5.74, 6) is -0.205. The molecule has 0 spiro atoms. The number of esters is 3. The maximum absolute atomic E-state index is 13.3. The third kappa shape index (κ3) is 7.75. The van der Waals surface area contributed by atoms with E-state index in [9.17, 15) is 14.4 Å². The maximum Gasteiger partial charge on any atom is 0.338 e. The van der Waals surface area contributed by atoms with Crippen molar-refractivity contribution in [3.8, 4) is 0 Å². The van der Waals surface area contributed by atoms with Gasteiger partial charge in [0.2, 0.25) is 0 Å². The highest BCUT2D eigenvalue weighted by atomic mass is 16.6. The first-order valence-electron chi connectivity index (χ1n) is 17.7. The van der Waals surface area contributed by atoms with Crippen LogP contribution in [0.1, 0.15) is 86.0 Å². The molecule has 2 aromatic carbocycles. The molecule has 1 saturated heterocycles. The smallest absolute Gasteiger partial charge is 0.338 e. The Balaban J connectivity index is 1.15. The zero-order chi connectivity index (χ0) is 35.4. The Hall–Kier alpha value is -4.57. The van der Waals surface area contributed by atoms with Gasteiger partial charge in [-0.3, -0.25) is 0 Å². The van der Waals surface area contributed by atoms with Crippen molar-refractivity contribution in [1.29, 1.82) is 0 Å². The third-order valence-corrected chi connectivity index (χ3v) is 11.0. The molecule has 50 heavy (non-hydrogen) atoms. The summed E-state index contributed by atoms with van der Waals surface area (Å²) in [6.45, 7) is 12.5. The Morgan fingerprint density at radius 2 is 1.58 bits per heavy atom. The van der Waals surface area contributed by atoms with Gasteiger partial charge in [-0.15, -0.1) is 5.10 Å². The molecule has 2 fully saturated rings. The first kappa shape index (κ1) is 35.3. The van der Waals surface area contributed by atoms with E-state index in [1.165, 1.54) is 10.3 Å². The topological polar surface area (TPSA) is 119 Å². The van der Waals surface area contributed by atoms with E-state index < -0.39 is 36.3 Å². The zero-order valence-corrected chi connectivity index (χ0v) is 29.3. The van der Waals surface area contributed by atoms with Crippen molar-refractivity contribution in [2.24, 2.45) is 35.5 Å². The summed E-state index contributed by atoms with van der Waals surface area (Å²) < 4.78 is 25.4. The number of hydrogen-bond acceptors (Lipinski definition) is 9. The van der Waals surface area contributed by atoms with E-state index in [1.54, 1.807) is 54.7 Å². The molecule has 0 bridgehead atoms. The molecule has 2 unspecified atom stereocenters. The van der Waals surface area contributed by atoms with Crippen LogP contribution in [0.3, 0.4) is 0 Å². The van der Waals surface area contributed by atoms with Crippen LogP contribution in [0, 0.1) is 35.5 Å². The number of carbonyl (C=O) groups excluding carboxylic acids is 3. The van der Waals surface area contributed by atoms with Crippen LogP contribution in [0.2, 0.25) is 0 Å². The zero-order valence-electron chi connectivity index (χ0n) is 29.3. The standard InChI is InChI=1S/C40H47N3O7/c1-24-16-18-32-25(2)17-19-33(34(32)20-24)28(5)38(44)47-22-31-21-43(42-41-31)37-36(50-40(46)30-14-10-7-11-15-30)27(4)26(3)35(49-37)23-48-39(45)29-12-8-6-9-13-29/h6-15,20-21,25-27,32-37H,5,16-19,22-23H2,1-4H3/t25-,26-,27+,32+,33+,34+,35?,36+,37?/m1/s1. The second-order valence-electron chi connectivity index (χ2n) is 14.2. The number of allylic oxidation sites excluding steroid dienone is 2. The fourth-order valence-electron chi connectivity index (χ4n) is 7.77. The summed E-state index contributed by atoms with van der Waals surface area (Å²) in [7, 11) is 0. The van der Waals surface area contributed by atoms with Gasteiger partial charge in [0.15, 0.2) is 12.3 Å². The Kier molecular flexibility index (Phi) is 11.0. The third-order valence-electron chi connectivity index (χ3n) is 11.0. The number of carbonyl (C=O) groups is 3. The van der Waals surface area contributed by atoms with E-state index in [2.05, 4.69) is 36.8 Å². The van der Waals surface area contributed by atoms with Gasteiger partial charge in [0, 0.05) is 11.5 Å². The van der Waals surface area contributed by atoms with E-state index in [0.29, 0.717) is 40.1 Å². The normalized spacial score (nSPS) is 29.2. The molecule has 0 N–H and O–H groups in total. The summed E-state index contributed by atoms with van der Waals surface area (Å²) in [4.78, 5) is 39.3. The molecule has 0 radical (unpaired) electrons. The predicted molar refractivity (Wildman–Crippen MR) is 185 cm³/mol. The number of nitrogens with zero attached hydrogens (tertiary/aromatic N) is 3. The monoisotopic (exact) mass is 681 g/mol. The Morgan fingerprint density at radius 3 is 2.28 bits per heavy atom. The van der Waals surface area contributed by atoms with Gasteiger partial charge < -0.3 is 18.9 Å². The maximum atomic E-state index is 13.3. The molecule has 10 heteroatoms. The lowest BCUT2D eigenvalue weighted by Crippen LogP contribution is -2.50. The average Bonchev–Trinajstić information content (AvgIpc) is 3.61. The fourth-order valence-corrected chi connectivity index (χ4v) is 7.77. The van der Waals surface area contributed by atoms with Crippen LogP contribution in [0.15, 0.2) is 90.7 Å². The average molecular weight is 682 g/mol. The molecule has 9 atom stereocenters. The van der Waals surface area contributed by atoms with E-state index in [0.717, 1.165) is 25.7 Å². The molecular weight excluding hydrogens is 634 g/mol. The van der Waals surface area contributed by atoms with Gasteiger partial charge >= 0.3 is 17.9 Å². The molecule has 1 saturated carbocycles. The van der Waals surface area contributed by atoms with E-state index in [-0.39, 0.29) is 31.0 Å². The molecule has 3 aliphatic rings. The lowest BCUT2D eigenvalue weighted by Gasteiger charge is -2.43. The van der Waals surface area contributed by atoms with Crippen molar-refractivity contribution in [1.82, 2.24) is 15.0 Å². The Morgan fingerprint density at radius 1 is 0.900 bits per heavy atom. The van der Waals surface area contributed by atoms with Crippen LogP contribution in [0.4, 0.5) is 0 Å². The molecule has 264 valence electrons. The van der Waals surface area contributed by atoms with Crippen molar-refractivity contribution in [2.75, 3.05) is 6.61 Å². The Labute approximate surface area is 293 Å². The number of ether oxygens (including phenoxy) is 4. The molecule has 6 rings (SSSR count). The number of aromatic nitrogens is 3. The van der Waals surface area contributed by atoms with Crippen LogP contribution < -0.4 is 0 Å². The van der Waals surface area contributed by atoms with Gasteiger partial charge in [0.1, 0.15) is 18.9 Å². The molecule has 3 aromatic rings. The van der Waals surface area contributed by atoms with Gasteiger partial charge in [0.25, 0.3) is 0 Å². The van der Waals surface area contributed by atoms with Crippen molar-refractivity contribution < 1.29 is 33.3 Å². The molecule has 10 nitrogen and oxygen atoms in total. The predicted octanol–water partition coefficient (Wildman–Crippen LogP) is 7.15. The SMILES string of the molecule is C=C(C(=O)OCc1cn(C2OC(COC(=O)c3ccccc3)[C@H](C)[C@H](C)[C@@H]2OC(=O)c2ccccc2)nn1)[C@@H]1CC[C@@H](C)[C@@H]2CCC(C)=C[C@@H]21. The molecule has 1 aromatic heterocycles. The molecule has 1 aliphatic heterocycles. The number of benzene rings is 2. The minimum absolute atomic E-state index is 0.00707. The second-order valence-corrected chi connectivity index (χ2v) is 14.2. The summed E-state index contributed by atoms with van der Waals surface area (Å²) in [5.41, 5.74) is 3.14. The van der Waals surface area contributed by atoms with E-state index in [4.69, 9.17) is 18.9 Å². The second kappa shape index (κ2) is 15.5. The fraction of sp³-hybridized carbons (Fsp3) is 0.475. The van der Waals surface area contributed by atoms with Crippen LogP contribution in [0.5, 0.6) is 0 Å². The van der Waals surface area contributed by atoms with Crippen molar-refractivity contribution in [3.63, 3.8) is 0 Å². The quantitative estimate of drug-likeness (QED) is 0.0951. The van der Waals surface area contributed by atoms with E-state index in [1.807, 2.05) is 26.0 Å². The minimum Gasteiger partial charge on any atom is -0.459 e. The highest BCUT2D eigenvalue weighted by Crippen LogP contribution is 2.48. The lowest BCUT2D eigenvalue weighted by atomic mass is 9.61. The van der Waals surface area contributed by atoms with Crippen molar-refractivity contribution in [2.45, 2.75) is 78.4 Å². The van der Waals surface area contributed by atoms with E-state index >= 15 is 0 Å². The summed E-state index contributed by atoms with van der Waals surface area (Å²) in [5, 5.41) is 8.58. The van der Waals surface area contributed by atoms with Crippen molar-refractivity contribution in [3.05, 3.63) is 107 Å². The highest BCUT2D eigenvalue weighted by Gasteiger charge is 2.46. The largest absolute Gasteiger partial charge is 0.459 e. The Bertz CT molecular complexity index is 1700. The highest BCUT2D eigenvalue weighted by molar-refractivity contribution is 5.90. The summed E-state index contributed by atoms with van der Waals surface area (Å²) in [6.07, 6.45) is 6.06. The molecular formula is C40H47N3O7. The summed E-state index contributed by atoms with van der Waals surface area (Å²) >= 11 is 0. The first-order chi connectivity index (χ1) is 24.1. The van der Waals surface area contributed by atoms with Gasteiger partial charge in [0.05, 0.1) is 23.4 Å². The summed E-state index contributed by atoms with van der Waals surface area (Å²) in [6, 6.07) is 17.5. The first-order valence-corrected chi connectivity index (χ1v) is 17.7. The van der Waals surface area contributed by atoms with Gasteiger partial charge in [-0.1, -0.05) is 80.6 Å². The minimum atomic E-state index is -0.885. The molecule has 0 amide bonds. The van der Waals surface area contributed by atoms with Crippen molar-refractivity contribution >= 4 is 17.9 Å². The van der Waals surface area contributed by atoms with Gasteiger partial charge in [-0.25, -0.2) is 19.1 Å². The van der Waals surface area contributed by atoms with Crippen LogP contribution >= 0.6 is 0 Å².